The Bertz CT molecular complexity index is 632. The lowest BCUT2D eigenvalue weighted by atomic mass is 10.0. The smallest absolute Gasteiger partial charge is 0.308 e. The third-order valence-electron chi connectivity index (χ3n) is 2.72. The topological polar surface area (TPSA) is 52.6 Å². The Morgan fingerprint density at radius 2 is 1.70 bits per heavy atom. The van der Waals surface area contributed by atoms with Gasteiger partial charge in [0.05, 0.1) is 12.7 Å². The van der Waals surface area contributed by atoms with Crippen molar-refractivity contribution in [3.8, 4) is 11.5 Å². The van der Waals surface area contributed by atoms with Gasteiger partial charge in [0.25, 0.3) is 0 Å². The van der Waals surface area contributed by atoms with Crippen LogP contribution in [-0.4, -0.2) is 18.9 Å². The third-order valence-corrected chi connectivity index (χ3v) is 2.72. The molecule has 0 spiro atoms. The van der Waals surface area contributed by atoms with Gasteiger partial charge in [-0.3, -0.25) is 9.59 Å². The van der Waals surface area contributed by atoms with E-state index in [4.69, 9.17) is 9.47 Å². The van der Waals surface area contributed by atoms with Crippen LogP contribution in [0.25, 0.3) is 0 Å². The monoisotopic (exact) mass is 270 g/mol. The molecule has 0 saturated heterocycles. The molecule has 2 aromatic rings. The molecule has 4 heteroatoms. The first-order valence-electron chi connectivity index (χ1n) is 6.08. The molecule has 0 heterocycles. The van der Waals surface area contributed by atoms with Gasteiger partial charge in [-0.25, -0.2) is 0 Å². The van der Waals surface area contributed by atoms with Crippen LogP contribution in [0.3, 0.4) is 0 Å². The Hall–Kier alpha value is -2.62. The largest absolute Gasteiger partial charge is 0.497 e. The Kier molecular flexibility index (Phi) is 4.15. The minimum absolute atomic E-state index is 0.222. The molecule has 0 bridgehead atoms. The van der Waals surface area contributed by atoms with Gasteiger partial charge in [0.2, 0.25) is 0 Å². The number of methoxy groups -OCH3 is 1. The number of esters is 1. The zero-order valence-corrected chi connectivity index (χ0v) is 11.3. The molecule has 20 heavy (non-hydrogen) atoms. The maximum absolute atomic E-state index is 12.5. The number of hydrogen-bond acceptors (Lipinski definition) is 4. The van der Waals surface area contributed by atoms with Crippen LogP contribution in [0.2, 0.25) is 0 Å². The van der Waals surface area contributed by atoms with E-state index in [1.54, 1.807) is 42.5 Å². The Balaban J connectivity index is 2.47. The van der Waals surface area contributed by atoms with E-state index in [9.17, 15) is 9.59 Å². The van der Waals surface area contributed by atoms with Crippen LogP contribution < -0.4 is 9.47 Å². The molecular weight excluding hydrogens is 256 g/mol. The van der Waals surface area contributed by atoms with Gasteiger partial charge in [0.1, 0.15) is 11.5 Å². The molecule has 102 valence electrons. The maximum Gasteiger partial charge on any atom is 0.308 e. The summed E-state index contributed by atoms with van der Waals surface area (Å²) in [5.41, 5.74) is 0.819. The Morgan fingerprint density at radius 3 is 2.30 bits per heavy atom. The van der Waals surface area contributed by atoms with E-state index in [1.807, 2.05) is 6.07 Å². The van der Waals surface area contributed by atoms with Gasteiger partial charge >= 0.3 is 5.97 Å². The standard InChI is InChI=1S/C16H14O4/c1-11(17)20-15-9-8-13(19-2)10-14(15)16(18)12-6-4-3-5-7-12/h3-10H,1-2H3. The molecule has 2 aromatic carbocycles. The number of benzene rings is 2. The first-order chi connectivity index (χ1) is 9.61. The summed E-state index contributed by atoms with van der Waals surface area (Å²) < 4.78 is 10.2. The van der Waals surface area contributed by atoms with Crippen molar-refractivity contribution < 1.29 is 19.1 Å². The molecule has 2 rings (SSSR count). The minimum Gasteiger partial charge on any atom is -0.497 e. The summed E-state index contributed by atoms with van der Waals surface area (Å²) in [4.78, 5) is 23.6. The van der Waals surface area contributed by atoms with E-state index >= 15 is 0 Å². The molecule has 0 aromatic heterocycles. The highest BCUT2D eigenvalue weighted by atomic mass is 16.5. The molecule has 0 saturated carbocycles. The summed E-state index contributed by atoms with van der Waals surface area (Å²) in [6.45, 7) is 1.29. The van der Waals surface area contributed by atoms with Gasteiger partial charge in [-0.05, 0) is 18.2 Å². The summed E-state index contributed by atoms with van der Waals surface area (Å²) in [5, 5.41) is 0. The highest BCUT2D eigenvalue weighted by Crippen LogP contribution is 2.26. The molecule has 0 fully saturated rings. The molecule has 0 atom stereocenters. The summed E-state index contributed by atoms with van der Waals surface area (Å²) in [6.07, 6.45) is 0. The number of carbonyl (C=O) groups excluding carboxylic acids is 2. The van der Waals surface area contributed by atoms with E-state index in [-0.39, 0.29) is 11.5 Å². The van der Waals surface area contributed by atoms with E-state index in [1.165, 1.54) is 14.0 Å². The number of ether oxygens (including phenoxy) is 2. The van der Waals surface area contributed by atoms with Crippen LogP contribution in [0.1, 0.15) is 22.8 Å². The number of hydrogen-bond donors (Lipinski definition) is 0. The predicted octanol–water partition coefficient (Wildman–Crippen LogP) is 2.85. The average molecular weight is 270 g/mol. The molecule has 4 nitrogen and oxygen atoms in total. The average Bonchev–Trinajstić information content (AvgIpc) is 2.47. The fraction of sp³-hybridized carbons (Fsp3) is 0.125. The van der Waals surface area contributed by atoms with E-state index in [0.717, 1.165) is 0 Å². The van der Waals surface area contributed by atoms with E-state index in [0.29, 0.717) is 16.9 Å². The van der Waals surface area contributed by atoms with Crippen LogP contribution in [0.5, 0.6) is 11.5 Å². The molecule has 0 aliphatic heterocycles. The quantitative estimate of drug-likeness (QED) is 0.487. The van der Waals surface area contributed by atoms with Crippen LogP contribution in [0.15, 0.2) is 48.5 Å². The summed E-state index contributed by atoms with van der Waals surface area (Å²) in [6, 6.07) is 13.6. The molecule has 0 N–H and O–H groups in total. The SMILES string of the molecule is COc1ccc(OC(C)=O)c(C(=O)c2ccccc2)c1. The van der Waals surface area contributed by atoms with Gasteiger partial charge in [0.15, 0.2) is 5.78 Å². The van der Waals surface area contributed by atoms with Crippen molar-refractivity contribution >= 4 is 11.8 Å². The lowest BCUT2D eigenvalue weighted by Gasteiger charge is -2.10. The summed E-state index contributed by atoms with van der Waals surface area (Å²) in [7, 11) is 1.51. The van der Waals surface area contributed by atoms with Crippen molar-refractivity contribution in [2.24, 2.45) is 0 Å². The number of ketones is 1. The first kappa shape index (κ1) is 13.8. The highest BCUT2D eigenvalue weighted by molar-refractivity contribution is 6.11. The number of carbonyl (C=O) groups is 2. The van der Waals surface area contributed by atoms with Gasteiger partial charge in [0, 0.05) is 12.5 Å². The van der Waals surface area contributed by atoms with Crippen LogP contribution in [0.4, 0.5) is 0 Å². The van der Waals surface area contributed by atoms with Crippen molar-refractivity contribution in [2.75, 3.05) is 7.11 Å². The molecule has 0 aliphatic carbocycles. The Morgan fingerprint density at radius 1 is 1.00 bits per heavy atom. The fourth-order valence-electron chi connectivity index (χ4n) is 1.80. The van der Waals surface area contributed by atoms with Crippen LogP contribution in [0, 0.1) is 0 Å². The zero-order chi connectivity index (χ0) is 14.5. The van der Waals surface area contributed by atoms with E-state index < -0.39 is 5.97 Å². The lowest BCUT2D eigenvalue weighted by Crippen LogP contribution is -2.09. The summed E-state index contributed by atoms with van der Waals surface area (Å²) in [5.74, 6) is 0.0605. The normalized spacial score (nSPS) is 9.90. The van der Waals surface area contributed by atoms with Crippen molar-refractivity contribution in [1.29, 1.82) is 0 Å². The fourth-order valence-corrected chi connectivity index (χ4v) is 1.80. The number of rotatable bonds is 4. The van der Waals surface area contributed by atoms with Crippen molar-refractivity contribution in [2.45, 2.75) is 6.92 Å². The minimum atomic E-state index is -0.475. The molecule has 0 aliphatic rings. The van der Waals surface area contributed by atoms with Crippen LogP contribution >= 0.6 is 0 Å². The maximum atomic E-state index is 12.5. The van der Waals surface area contributed by atoms with Crippen molar-refractivity contribution in [3.05, 3.63) is 59.7 Å². The predicted molar refractivity (Wildman–Crippen MR) is 74.2 cm³/mol. The van der Waals surface area contributed by atoms with E-state index in [2.05, 4.69) is 0 Å². The second kappa shape index (κ2) is 6.02. The zero-order valence-electron chi connectivity index (χ0n) is 11.3. The lowest BCUT2D eigenvalue weighted by molar-refractivity contribution is -0.131. The third kappa shape index (κ3) is 3.03. The highest BCUT2D eigenvalue weighted by Gasteiger charge is 2.17. The molecule has 0 amide bonds. The van der Waals surface area contributed by atoms with Crippen molar-refractivity contribution in [3.63, 3.8) is 0 Å². The second-order valence-electron chi connectivity index (χ2n) is 4.15. The Labute approximate surface area is 116 Å². The van der Waals surface area contributed by atoms with Crippen LogP contribution in [-0.2, 0) is 4.79 Å². The molecule has 0 radical (unpaired) electrons. The first-order valence-corrected chi connectivity index (χ1v) is 6.08. The molecular formula is C16H14O4. The summed E-state index contributed by atoms with van der Waals surface area (Å²) >= 11 is 0. The van der Waals surface area contributed by atoms with Crippen molar-refractivity contribution in [1.82, 2.24) is 0 Å². The van der Waals surface area contributed by atoms with Gasteiger partial charge in [-0.2, -0.15) is 0 Å². The second-order valence-corrected chi connectivity index (χ2v) is 4.15. The van der Waals surface area contributed by atoms with Gasteiger partial charge in [-0.15, -0.1) is 0 Å². The molecule has 0 unspecified atom stereocenters. The van der Waals surface area contributed by atoms with Gasteiger partial charge in [-0.1, -0.05) is 30.3 Å². The van der Waals surface area contributed by atoms with Gasteiger partial charge < -0.3 is 9.47 Å².